The Morgan fingerprint density at radius 1 is 1.00 bits per heavy atom. The van der Waals surface area contributed by atoms with Crippen LogP contribution in [0.25, 0.3) is 0 Å². The van der Waals surface area contributed by atoms with Crippen molar-refractivity contribution in [2.75, 3.05) is 7.05 Å². The molecule has 2 amide bonds. The Kier molecular flexibility index (Phi) is 6.18. The number of nitrogens with zero attached hydrogens (tertiary/aromatic N) is 1. The highest BCUT2D eigenvalue weighted by Crippen LogP contribution is 2.09. The fourth-order valence-corrected chi connectivity index (χ4v) is 2.21. The minimum absolute atomic E-state index is 0.156. The Bertz CT molecular complexity index is 656. The van der Waals surface area contributed by atoms with Gasteiger partial charge in [0.15, 0.2) is 0 Å². The zero-order valence-corrected chi connectivity index (χ0v) is 13.7. The minimum Gasteiger partial charge on any atom is -0.352 e. The molecule has 4 nitrogen and oxygen atoms in total. The van der Waals surface area contributed by atoms with Gasteiger partial charge in [0, 0.05) is 25.2 Å². The van der Waals surface area contributed by atoms with Gasteiger partial charge in [-0.05, 0) is 23.3 Å². The number of halogens is 1. The van der Waals surface area contributed by atoms with Gasteiger partial charge in [-0.2, -0.15) is 0 Å². The van der Waals surface area contributed by atoms with Crippen LogP contribution < -0.4 is 5.32 Å². The summed E-state index contributed by atoms with van der Waals surface area (Å²) in [6, 6.07) is 16.9. The smallest absolute Gasteiger partial charge is 0.232 e. The van der Waals surface area contributed by atoms with Gasteiger partial charge in [0.25, 0.3) is 0 Å². The zero-order chi connectivity index (χ0) is 16.7. The summed E-state index contributed by atoms with van der Waals surface area (Å²) >= 11 is 5.81. The number of carbonyl (C=O) groups excluding carboxylic acids is 2. The van der Waals surface area contributed by atoms with E-state index >= 15 is 0 Å². The lowest BCUT2D eigenvalue weighted by atomic mass is 10.2. The lowest BCUT2D eigenvalue weighted by Crippen LogP contribution is -2.32. The molecule has 2 rings (SSSR count). The predicted molar refractivity (Wildman–Crippen MR) is 90.8 cm³/mol. The molecule has 23 heavy (non-hydrogen) atoms. The maximum atomic E-state index is 12.1. The lowest BCUT2D eigenvalue weighted by molar-refractivity contribution is -0.135. The van der Waals surface area contributed by atoms with E-state index < -0.39 is 0 Å². The molecule has 0 aliphatic rings. The second-order valence-electron chi connectivity index (χ2n) is 5.32. The number of amides is 2. The summed E-state index contributed by atoms with van der Waals surface area (Å²) in [6.45, 7) is 0.871. The van der Waals surface area contributed by atoms with Gasteiger partial charge in [-0.1, -0.05) is 54.1 Å². The minimum atomic E-state index is -0.287. The maximum absolute atomic E-state index is 12.1. The van der Waals surface area contributed by atoms with Gasteiger partial charge < -0.3 is 10.2 Å². The fraction of sp³-hybridized carbons (Fsp3) is 0.222. The van der Waals surface area contributed by atoms with Crippen molar-refractivity contribution >= 4 is 23.4 Å². The fourth-order valence-electron chi connectivity index (χ4n) is 2.08. The number of carbonyl (C=O) groups is 2. The van der Waals surface area contributed by atoms with Crippen LogP contribution in [0.1, 0.15) is 17.5 Å². The third-order valence-electron chi connectivity index (χ3n) is 3.40. The van der Waals surface area contributed by atoms with Crippen LogP contribution in [0.2, 0.25) is 5.02 Å². The molecule has 0 aliphatic heterocycles. The molecule has 0 heterocycles. The van der Waals surface area contributed by atoms with Crippen molar-refractivity contribution in [3.63, 3.8) is 0 Å². The molecule has 0 aromatic heterocycles. The number of benzene rings is 2. The van der Waals surface area contributed by atoms with E-state index in [0.717, 1.165) is 11.1 Å². The van der Waals surface area contributed by atoms with E-state index in [0.29, 0.717) is 18.1 Å². The Morgan fingerprint density at radius 2 is 1.65 bits per heavy atom. The van der Waals surface area contributed by atoms with Crippen LogP contribution in [0.15, 0.2) is 54.6 Å². The highest BCUT2D eigenvalue weighted by atomic mass is 35.5. The number of rotatable bonds is 6. The molecular formula is C18H19ClN2O2. The SMILES string of the molecule is CN(Cc1ccccc1)C(=O)CC(=O)NCc1ccc(Cl)cc1. The monoisotopic (exact) mass is 330 g/mol. The van der Waals surface area contributed by atoms with Gasteiger partial charge in [-0.15, -0.1) is 0 Å². The Morgan fingerprint density at radius 3 is 2.30 bits per heavy atom. The average Bonchev–Trinajstić information content (AvgIpc) is 2.55. The van der Waals surface area contributed by atoms with Crippen molar-refractivity contribution in [3.05, 3.63) is 70.7 Å². The van der Waals surface area contributed by atoms with E-state index in [9.17, 15) is 9.59 Å². The Hall–Kier alpha value is -2.33. The summed E-state index contributed by atoms with van der Waals surface area (Å²) in [5.41, 5.74) is 1.97. The van der Waals surface area contributed by atoms with Crippen molar-refractivity contribution in [2.24, 2.45) is 0 Å². The molecule has 0 fully saturated rings. The summed E-state index contributed by atoms with van der Waals surface area (Å²) in [7, 11) is 1.70. The summed E-state index contributed by atoms with van der Waals surface area (Å²) in [5.74, 6) is -0.493. The van der Waals surface area contributed by atoms with Gasteiger partial charge in [0.2, 0.25) is 11.8 Å². The van der Waals surface area contributed by atoms with Gasteiger partial charge in [-0.25, -0.2) is 0 Å². The molecule has 0 aliphatic carbocycles. The quantitative estimate of drug-likeness (QED) is 0.828. The highest BCUT2D eigenvalue weighted by molar-refractivity contribution is 6.30. The Labute approximate surface area is 141 Å². The first-order valence-electron chi connectivity index (χ1n) is 7.33. The second-order valence-corrected chi connectivity index (χ2v) is 5.75. The van der Waals surface area contributed by atoms with Crippen molar-refractivity contribution in [2.45, 2.75) is 19.5 Å². The molecule has 0 unspecified atom stereocenters. The molecule has 2 aromatic carbocycles. The van der Waals surface area contributed by atoms with Crippen LogP contribution >= 0.6 is 11.6 Å². The second kappa shape index (κ2) is 8.34. The van der Waals surface area contributed by atoms with Crippen LogP contribution in [0.5, 0.6) is 0 Å². The van der Waals surface area contributed by atoms with E-state index in [-0.39, 0.29) is 18.2 Å². The molecule has 120 valence electrons. The van der Waals surface area contributed by atoms with Gasteiger partial charge >= 0.3 is 0 Å². The van der Waals surface area contributed by atoms with Crippen molar-refractivity contribution in [1.29, 1.82) is 0 Å². The summed E-state index contributed by atoms with van der Waals surface area (Å²) in [6.07, 6.45) is -0.156. The topological polar surface area (TPSA) is 49.4 Å². The van der Waals surface area contributed by atoms with Gasteiger partial charge in [0.1, 0.15) is 6.42 Å². The van der Waals surface area contributed by atoms with Crippen LogP contribution in [0, 0.1) is 0 Å². The third-order valence-corrected chi connectivity index (χ3v) is 3.66. The number of hydrogen-bond acceptors (Lipinski definition) is 2. The summed E-state index contributed by atoms with van der Waals surface area (Å²) in [5, 5.41) is 3.39. The number of hydrogen-bond donors (Lipinski definition) is 1. The van der Waals surface area contributed by atoms with Crippen LogP contribution in [-0.2, 0) is 22.7 Å². The van der Waals surface area contributed by atoms with E-state index in [1.54, 1.807) is 24.1 Å². The lowest BCUT2D eigenvalue weighted by Gasteiger charge is -2.17. The standard InChI is InChI=1S/C18H19ClN2O2/c1-21(13-15-5-3-2-4-6-15)18(23)11-17(22)20-12-14-7-9-16(19)10-8-14/h2-10H,11-13H2,1H3,(H,20,22). The average molecular weight is 331 g/mol. The van der Waals surface area contributed by atoms with Gasteiger partial charge in [-0.3, -0.25) is 9.59 Å². The van der Waals surface area contributed by atoms with Crippen molar-refractivity contribution in [1.82, 2.24) is 10.2 Å². The van der Waals surface area contributed by atoms with E-state index in [1.807, 2.05) is 42.5 Å². The largest absolute Gasteiger partial charge is 0.352 e. The molecule has 0 bridgehead atoms. The normalized spacial score (nSPS) is 10.2. The van der Waals surface area contributed by atoms with E-state index in [2.05, 4.69) is 5.32 Å². The summed E-state index contributed by atoms with van der Waals surface area (Å²) < 4.78 is 0. The van der Waals surface area contributed by atoms with Crippen LogP contribution in [0.3, 0.4) is 0 Å². The number of nitrogens with one attached hydrogen (secondary N) is 1. The molecule has 0 saturated carbocycles. The first kappa shape index (κ1) is 17.0. The maximum Gasteiger partial charge on any atom is 0.232 e. The Balaban J connectivity index is 1.77. The molecule has 0 spiro atoms. The highest BCUT2D eigenvalue weighted by Gasteiger charge is 2.14. The first-order valence-corrected chi connectivity index (χ1v) is 7.71. The third kappa shape index (κ3) is 5.75. The van der Waals surface area contributed by atoms with Crippen molar-refractivity contribution in [3.8, 4) is 0 Å². The molecular weight excluding hydrogens is 312 g/mol. The zero-order valence-electron chi connectivity index (χ0n) is 13.0. The van der Waals surface area contributed by atoms with Gasteiger partial charge in [0.05, 0.1) is 0 Å². The molecule has 1 N–H and O–H groups in total. The molecule has 0 saturated heterocycles. The van der Waals surface area contributed by atoms with Crippen LogP contribution in [-0.4, -0.2) is 23.8 Å². The van der Waals surface area contributed by atoms with E-state index in [4.69, 9.17) is 11.6 Å². The van der Waals surface area contributed by atoms with Crippen molar-refractivity contribution < 1.29 is 9.59 Å². The molecule has 0 radical (unpaired) electrons. The molecule has 2 aromatic rings. The first-order chi connectivity index (χ1) is 11.0. The molecule has 0 atom stereocenters. The van der Waals surface area contributed by atoms with Crippen LogP contribution in [0.4, 0.5) is 0 Å². The molecule has 5 heteroatoms. The van der Waals surface area contributed by atoms with E-state index in [1.165, 1.54) is 0 Å². The predicted octanol–water partition coefficient (Wildman–Crippen LogP) is 3.00. The summed E-state index contributed by atoms with van der Waals surface area (Å²) in [4.78, 5) is 25.5.